The molecule has 0 aliphatic heterocycles. The first-order chi connectivity index (χ1) is 10.6. The molecule has 0 spiro atoms. The van der Waals surface area contributed by atoms with Gasteiger partial charge < -0.3 is 15.2 Å². The third-order valence-corrected chi connectivity index (χ3v) is 3.25. The minimum absolute atomic E-state index is 0. The van der Waals surface area contributed by atoms with Crippen molar-refractivity contribution in [2.24, 2.45) is 4.99 Å². The molecule has 124 valence electrons. The van der Waals surface area contributed by atoms with Crippen LogP contribution in [0, 0.1) is 0 Å². The molecule has 2 rings (SSSR count). The van der Waals surface area contributed by atoms with E-state index in [0.717, 1.165) is 23.0 Å². The summed E-state index contributed by atoms with van der Waals surface area (Å²) in [5.41, 5.74) is 2.12. The molecule has 2 N–H and O–H groups in total. The van der Waals surface area contributed by atoms with Crippen LogP contribution in [-0.2, 0) is 6.54 Å². The second-order valence-electron chi connectivity index (χ2n) is 4.88. The van der Waals surface area contributed by atoms with E-state index < -0.39 is 0 Å². The summed E-state index contributed by atoms with van der Waals surface area (Å²) in [6.07, 6.45) is 1.84. The fourth-order valence-corrected chi connectivity index (χ4v) is 2.13. The first kappa shape index (κ1) is 19.5. The summed E-state index contributed by atoms with van der Waals surface area (Å²) in [6.45, 7) is 4.74. The standard InChI is InChI=1S/C16H20ClN5.HI/c1-12(17)9-20-16(18-2)22(3)11-15-19-10-14(21-15)13-7-5-4-6-8-13;/h4-8,10H,1,9,11H2,2-3H3,(H,18,20)(H,19,21);1H. The van der Waals surface area contributed by atoms with E-state index in [0.29, 0.717) is 18.1 Å². The molecule has 0 saturated heterocycles. The van der Waals surface area contributed by atoms with Gasteiger partial charge in [-0.3, -0.25) is 4.99 Å². The normalized spacial score (nSPS) is 10.8. The lowest BCUT2D eigenvalue weighted by Crippen LogP contribution is -2.39. The smallest absolute Gasteiger partial charge is 0.194 e. The van der Waals surface area contributed by atoms with Crippen LogP contribution < -0.4 is 5.32 Å². The zero-order valence-electron chi connectivity index (χ0n) is 13.2. The zero-order valence-corrected chi connectivity index (χ0v) is 16.3. The maximum absolute atomic E-state index is 5.77. The van der Waals surface area contributed by atoms with E-state index in [1.807, 2.05) is 48.5 Å². The highest BCUT2D eigenvalue weighted by Crippen LogP contribution is 2.16. The molecule has 0 aliphatic carbocycles. The van der Waals surface area contributed by atoms with Crippen LogP contribution in [0.5, 0.6) is 0 Å². The molecule has 7 heteroatoms. The van der Waals surface area contributed by atoms with Crippen molar-refractivity contribution in [3.8, 4) is 11.3 Å². The highest BCUT2D eigenvalue weighted by atomic mass is 127. The van der Waals surface area contributed by atoms with E-state index >= 15 is 0 Å². The molecule has 1 aromatic heterocycles. The van der Waals surface area contributed by atoms with Crippen molar-refractivity contribution in [2.75, 3.05) is 20.6 Å². The number of aromatic nitrogens is 2. The second kappa shape index (κ2) is 9.57. The number of H-pyrrole nitrogens is 1. The van der Waals surface area contributed by atoms with Crippen LogP contribution in [0.3, 0.4) is 0 Å². The van der Waals surface area contributed by atoms with Gasteiger partial charge in [0.2, 0.25) is 0 Å². The Hall–Kier alpha value is -1.54. The van der Waals surface area contributed by atoms with Gasteiger partial charge in [-0.1, -0.05) is 48.5 Å². The van der Waals surface area contributed by atoms with Crippen LogP contribution in [-0.4, -0.2) is 41.5 Å². The monoisotopic (exact) mass is 445 g/mol. The molecule has 0 amide bonds. The van der Waals surface area contributed by atoms with Gasteiger partial charge in [-0.05, 0) is 5.56 Å². The first-order valence-corrected chi connectivity index (χ1v) is 7.32. The second-order valence-corrected chi connectivity index (χ2v) is 5.42. The predicted octanol–water partition coefficient (Wildman–Crippen LogP) is 3.45. The van der Waals surface area contributed by atoms with E-state index in [9.17, 15) is 0 Å². The molecule has 1 heterocycles. The highest BCUT2D eigenvalue weighted by Gasteiger charge is 2.09. The summed E-state index contributed by atoms with van der Waals surface area (Å²) < 4.78 is 0. The van der Waals surface area contributed by atoms with Gasteiger partial charge >= 0.3 is 0 Å². The Labute approximate surface area is 158 Å². The number of hydrogen-bond acceptors (Lipinski definition) is 2. The van der Waals surface area contributed by atoms with Gasteiger partial charge in [-0.15, -0.1) is 24.0 Å². The molecular formula is C16H21ClIN5. The van der Waals surface area contributed by atoms with Gasteiger partial charge in [-0.25, -0.2) is 4.98 Å². The molecule has 0 atom stereocenters. The average molecular weight is 446 g/mol. The minimum Gasteiger partial charge on any atom is -0.351 e. The molecule has 0 bridgehead atoms. The summed E-state index contributed by atoms with van der Waals surface area (Å²) in [6, 6.07) is 10.1. The zero-order chi connectivity index (χ0) is 15.9. The molecule has 1 aromatic carbocycles. The maximum Gasteiger partial charge on any atom is 0.194 e. The van der Waals surface area contributed by atoms with E-state index in [4.69, 9.17) is 11.6 Å². The minimum atomic E-state index is 0. The molecule has 23 heavy (non-hydrogen) atoms. The molecule has 2 aromatic rings. The van der Waals surface area contributed by atoms with Crippen molar-refractivity contribution < 1.29 is 0 Å². The number of nitrogens with one attached hydrogen (secondary N) is 2. The molecule has 0 radical (unpaired) electrons. The maximum atomic E-state index is 5.77. The molecule has 0 saturated carbocycles. The van der Waals surface area contributed by atoms with Crippen molar-refractivity contribution >= 4 is 41.5 Å². The fourth-order valence-electron chi connectivity index (χ4n) is 2.07. The average Bonchev–Trinajstić information content (AvgIpc) is 2.97. The van der Waals surface area contributed by atoms with Crippen LogP contribution in [0.15, 0.2) is 53.1 Å². The lowest BCUT2D eigenvalue weighted by molar-refractivity contribution is 0.467. The number of guanidine groups is 1. The Morgan fingerprint density at radius 3 is 2.70 bits per heavy atom. The Bertz CT molecular complexity index is 654. The number of imidazole rings is 1. The number of rotatable bonds is 5. The highest BCUT2D eigenvalue weighted by molar-refractivity contribution is 14.0. The van der Waals surface area contributed by atoms with Crippen molar-refractivity contribution in [3.63, 3.8) is 0 Å². The predicted molar refractivity (Wildman–Crippen MR) is 107 cm³/mol. The van der Waals surface area contributed by atoms with Crippen LogP contribution in [0.1, 0.15) is 5.82 Å². The Balaban J connectivity index is 0.00000264. The summed E-state index contributed by atoms with van der Waals surface area (Å²) in [5.74, 6) is 1.61. The molecule has 0 unspecified atom stereocenters. The lowest BCUT2D eigenvalue weighted by atomic mass is 10.2. The van der Waals surface area contributed by atoms with Crippen LogP contribution in [0.2, 0.25) is 0 Å². The largest absolute Gasteiger partial charge is 0.351 e. The van der Waals surface area contributed by atoms with Gasteiger partial charge in [0.25, 0.3) is 0 Å². The fraction of sp³-hybridized carbons (Fsp3) is 0.250. The van der Waals surface area contributed by atoms with E-state index in [1.54, 1.807) is 7.05 Å². The van der Waals surface area contributed by atoms with Crippen LogP contribution in [0.4, 0.5) is 0 Å². The molecular weight excluding hydrogens is 425 g/mol. The Morgan fingerprint density at radius 1 is 1.39 bits per heavy atom. The number of benzene rings is 1. The summed E-state index contributed by atoms with van der Waals surface area (Å²) >= 11 is 5.77. The number of aromatic amines is 1. The third-order valence-electron chi connectivity index (χ3n) is 3.11. The summed E-state index contributed by atoms with van der Waals surface area (Å²) in [7, 11) is 3.67. The summed E-state index contributed by atoms with van der Waals surface area (Å²) in [4.78, 5) is 13.9. The quantitative estimate of drug-likeness (QED) is 0.421. The molecule has 0 aliphatic rings. The van der Waals surface area contributed by atoms with Crippen molar-refractivity contribution in [3.05, 3.63) is 54.0 Å². The van der Waals surface area contributed by atoms with Gasteiger partial charge in [-0.2, -0.15) is 0 Å². The van der Waals surface area contributed by atoms with E-state index in [1.165, 1.54) is 0 Å². The topological polar surface area (TPSA) is 56.3 Å². The number of nitrogens with zero attached hydrogens (tertiary/aromatic N) is 3. The first-order valence-electron chi connectivity index (χ1n) is 6.94. The number of halogens is 2. The van der Waals surface area contributed by atoms with Crippen molar-refractivity contribution in [1.82, 2.24) is 20.2 Å². The summed E-state index contributed by atoms with van der Waals surface area (Å²) in [5, 5.41) is 3.67. The molecule has 0 fully saturated rings. The van der Waals surface area contributed by atoms with E-state index in [-0.39, 0.29) is 24.0 Å². The molecule has 5 nitrogen and oxygen atoms in total. The number of aliphatic imine (C=N–C) groups is 1. The Kier molecular flexibility index (Phi) is 8.11. The lowest BCUT2D eigenvalue weighted by Gasteiger charge is -2.20. The van der Waals surface area contributed by atoms with Gasteiger partial charge in [0, 0.05) is 19.1 Å². The number of hydrogen-bond donors (Lipinski definition) is 2. The van der Waals surface area contributed by atoms with Crippen molar-refractivity contribution in [2.45, 2.75) is 6.54 Å². The SMILES string of the molecule is C=C(Cl)CNC(=NC)N(C)Cc1ncc(-c2ccccc2)[nH]1.I. The van der Waals surface area contributed by atoms with Gasteiger partial charge in [0.05, 0.1) is 25.0 Å². The van der Waals surface area contributed by atoms with Gasteiger partial charge in [0.15, 0.2) is 5.96 Å². The van der Waals surface area contributed by atoms with Gasteiger partial charge in [0.1, 0.15) is 5.82 Å². The van der Waals surface area contributed by atoms with Crippen LogP contribution in [0.25, 0.3) is 11.3 Å². The van der Waals surface area contributed by atoms with Crippen molar-refractivity contribution in [1.29, 1.82) is 0 Å². The van der Waals surface area contributed by atoms with E-state index in [2.05, 4.69) is 26.9 Å². The van der Waals surface area contributed by atoms with Crippen LogP contribution >= 0.6 is 35.6 Å². The third kappa shape index (κ3) is 5.87. The Morgan fingerprint density at radius 2 is 2.09 bits per heavy atom.